The van der Waals surface area contributed by atoms with Crippen LogP contribution in [0.1, 0.15) is 27.0 Å². The van der Waals surface area contributed by atoms with Crippen LogP contribution < -0.4 is 14.9 Å². The number of nitrogens with zero attached hydrogens (tertiary/aromatic N) is 3. The smallest absolute Gasteiger partial charge is 0.274 e. The van der Waals surface area contributed by atoms with Crippen molar-refractivity contribution in [3.63, 3.8) is 0 Å². The third-order valence-corrected chi connectivity index (χ3v) is 4.79. The van der Waals surface area contributed by atoms with Gasteiger partial charge in [0.15, 0.2) is 11.5 Å². The van der Waals surface area contributed by atoms with E-state index in [0.29, 0.717) is 16.9 Å². The molecule has 0 unspecified atom stereocenters. The fourth-order valence-electron chi connectivity index (χ4n) is 2.82. The molecule has 1 amide bonds. The summed E-state index contributed by atoms with van der Waals surface area (Å²) in [5.41, 5.74) is 3.15. The molecule has 172 valence electrons. The number of hydrogen-bond acceptors (Lipinski definition) is 7. The quantitative estimate of drug-likeness (QED) is 0.284. The van der Waals surface area contributed by atoms with Crippen LogP contribution in [-0.4, -0.2) is 24.2 Å². The molecule has 0 aliphatic rings. The number of hydrazone groups is 1. The fourth-order valence-corrected chi connectivity index (χ4v) is 3.09. The number of amides is 1. The first kappa shape index (κ1) is 24.2. The van der Waals surface area contributed by atoms with Gasteiger partial charge >= 0.3 is 0 Å². The molecule has 0 heterocycles. The Labute approximate surface area is 198 Å². The largest absolute Gasteiger partial charge is 0.493 e. The van der Waals surface area contributed by atoms with Crippen molar-refractivity contribution < 1.29 is 23.6 Å². The van der Waals surface area contributed by atoms with Gasteiger partial charge in [0.25, 0.3) is 11.6 Å². The Morgan fingerprint density at radius 2 is 2.00 bits per heavy atom. The number of methoxy groups -OCH3 is 1. The first-order valence-corrected chi connectivity index (χ1v) is 9.97. The molecule has 0 fully saturated rings. The van der Waals surface area contributed by atoms with E-state index in [9.17, 15) is 19.3 Å². The van der Waals surface area contributed by atoms with E-state index in [4.69, 9.17) is 26.3 Å². The first-order valence-electron chi connectivity index (χ1n) is 9.59. The monoisotopic (exact) mass is 482 g/mol. The van der Waals surface area contributed by atoms with Gasteiger partial charge in [-0.3, -0.25) is 14.9 Å². The molecule has 0 spiro atoms. The van der Waals surface area contributed by atoms with E-state index in [1.165, 1.54) is 43.7 Å². The van der Waals surface area contributed by atoms with Gasteiger partial charge in [-0.05, 0) is 53.6 Å². The lowest BCUT2D eigenvalue weighted by Gasteiger charge is -2.13. The van der Waals surface area contributed by atoms with Crippen molar-refractivity contribution in [1.29, 1.82) is 5.26 Å². The molecule has 0 saturated carbocycles. The Hall–Kier alpha value is -4.49. The molecule has 0 aliphatic carbocycles. The number of rotatable bonds is 8. The molecule has 0 bridgehead atoms. The topological polar surface area (TPSA) is 127 Å². The van der Waals surface area contributed by atoms with Crippen molar-refractivity contribution >= 4 is 29.4 Å². The summed E-state index contributed by atoms with van der Waals surface area (Å²) in [5.74, 6) is -1.09. The van der Waals surface area contributed by atoms with Crippen LogP contribution in [-0.2, 0) is 6.61 Å². The van der Waals surface area contributed by atoms with E-state index < -0.39 is 16.6 Å². The number of hydrogen-bond donors (Lipinski definition) is 1. The van der Waals surface area contributed by atoms with Gasteiger partial charge in [0, 0.05) is 12.1 Å². The van der Waals surface area contributed by atoms with Gasteiger partial charge < -0.3 is 9.47 Å². The molecule has 0 saturated heterocycles. The second kappa shape index (κ2) is 10.9. The van der Waals surface area contributed by atoms with Crippen LogP contribution in [0.15, 0.2) is 59.7 Å². The lowest BCUT2D eigenvalue weighted by molar-refractivity contribution is -0.384. The van der Waals surface area contributed by atoms with Gasteiger partial charge in [0.1, 0.15) is 12.4 Å². The molecular formula is C23H16ClFN4O5. The van der Waals surface area contributed by atoms with Crippen LogP contribution in [0.2, 0.25) is 5.02 Å². The van der Waals surface area contributed by atoms with Crippen LogP contribution in [0, 0.1) is 27.3 Å². The van der Waals surface area contributed by atoms with Crippen molar-refractivity contribution in [2.45, 2.75) is 6.61 Å². The maximum absolute atomic E-state index is 13.9. The fraction of sp³-hybridized carbons (Fsp3) is 0.0870. The number of carbonyl (C=O) groups excluding carboxylic acids is 1. The predicted octanol–water partition coefficient (Wildman–Crippen LogP) is 4.61. The summed E-state index contributed by atoms with van der Waals surface area (Å²) in [6.45, 7) is 0.0910. The number of benzene rings is 3. The van der Waals surface area contributed by atoms with Gasteiger partial charge in [-0.25, -0.2) is 9.82 Å². The van der Waals surface area contributed by atoms with E-state index in [1.807, 2.05) is 0 Å². The number of ether oxygens (including phenoxy) is 2. The standard InChI is InChI=1S/C23H16ClFN4O5/c1-33-21-10-16(12-27-28-23(30)18-7-4-15(11-26)9-20(18)25)8-19(24)22(21)34-13-14-2-5-17(6-3-14)29(31)32/h2-10,12H,13H2,1H3,(H,28,30)/b27-12-. The van der Waals surface area contributed by atoms with Crippen LogP contribution in [0.5, 0.6) is 11.5 Å². The molecular weight excluding hydrogens is 467 g/mol. The molecule has 0 radical (unpaired) electrons. The van der Waals surface area contributed by atoms with E-state index >= 15 is 0 Å². The minimum absolute atomic E-state index is 0.0305. The third-order valence-electron chi connectivity index (χ3n) is 4.50. The Bertz CT molecular complexity index is 1310. The van der Waals surface area contributed by atoms with Crippen molar-refractivity contribution in [2.24, 2.45) is 5.10 Å². The highest BCUT2D eigenvalue weighted by Crippen LogP contribution is 2.36. The summed E-state index contributed by atoms with van der Waals surface area (Å²) in [6, 6.07) is 14.2. The molecule has 3 aromatic carbocycles. The average molecular weight is 483 g/mol. The summed E-state index contributed by atoms with van der Waals surface area (Å²) < 4.78 is 25.0. The first-order chi connectivity index (χ1) is 16.3. The van der Waals surface area contributed by atoms with Crippen LogP contribution in [0.4, 0.5) is 10.1 Å². The van der Waals surface area contributed by atoms with E-state index in [-0.39, 0.29) is 34.2 Å². The number of carbonyl (C=O) groups is 1. The average Bonchev–Trinajstić information content (AvgIpc) is 2.83. The van der Waals surface area contributed by atoms with Gasteiger partial charge in [-0.15, -0.1) is 0 Å². The highest BCUT2D eigenvalue weighted by atomic mass is 35.5. The molecule has 1 N–H and O–H groups in total. The second-order valence-corrected chi connectivity index (χ2v) is 7.16. The zero-order valence-electron chi connectivity index (χ0n) is 17.6. The maximum Gasteiger partial charge on any atom is 0.274 e. The van der Waals surface area contributed by atoms with Gasteiger partial charge in [-0.2, -0.15) is 10.4 Å². The molecule has 3 aromatic rings. The molecule has 11 heteroatoms. The lowest BCUT2D eigenvalue weighted by atomic mass is 10.1. The molecule has 0 aliphatic heterocycles. The molecule has 9 nitrogen and oxygen atoms in total. The van der Waals surface area contributed by atoms with Crippen molar-refractivity contribution in [1.82, 2.24) is 5.43 Å². The van der Waals surface area contributed by atoms with Crippen molar-refractivity contribution in [2.75, 3.05) is 7.11 Å². The van der Waals surface area contributed by atoms with Crippen LogP contribution in [0.25, 0.3) is 0 Å². The van der Waals surface area contributed by atoms with E-state index in [1.54, 1.807) is 24.3 Å². The number of nitro groups is 1. The molecule has 3 rings (SSSR count). The SMILES string of the molecule is COc1cc(/C=N\NC(=O)c2ccc(C#N)cc2F)cc(Cl)c1OCc1ccc([N+](=O)[O-])cc1. The van der Waals surface area contributed by atoms with Crippen molar-refractivity contribution in [3.8, 4) is 17.6 Å². The van der Waals surface area contributed by atoms with Crippen LogP contribution >= 0.6 is 11.6 Å². The molecule has 34 heavy (non-hydrogen) atoms. The summed E-state index contributed by atoms with van der Waals surface area (Å²) in [4.78, 5) is 22.4. The Balaban J connectivity index is 1.69. The molecule has 0 atom stereocenters. The zero-order valence-corrected chi connectivity index (χ0v) is 18.4. The van der Waals surface area contributed by atoms with Crippen molar-refractivity contribution in [3.05, 3.63) is 97.8 Å². The maximum atomic E-state index is 13.9. The second-order valence-electron chi connectivity index (χ2n) is 6.75. The third kappa shape index (κ3) is 5.85. The predicted molar refractivity (Wildman–Crippen MR) is 122 cm³/mol. The summed E-state index contributed by atoms with van der Waals surface area (Å²) in [7, 11) is 1.42. The minimum atomic E-state index is -0.842. The van der Waals surface area contributed by atoms with E-state index in [0.717, 1.165) is 6.07 Å². The highest BCUT2D eigenvalue weighted by Gasteiger charge is 2.14. The summed E-state index contributed by atoms with van der Waals surface area (Å²) in [6.07, 6.45) is 1.29. The van der Waals surface area contributed by atoms with Gasteiger partial charge in [0.2, 0.25) is 0 Å². The molecule has 0 aromatic heterocycles. The van der Waals surface area contributed by atoms with Gasteiger partial charge in [0.05, 0.1) is 40.5 Å². The highest BCUT2D eigenvalue weighted by molar-refractivity contribution is 6.32. The summed E-state index contributed by atoms with van der Waals surface area (Å²) >= 11 is 6.31. The van der Waals surface area contributed by atoms with E-state index in [2.05, 4.69) is 10.5 Å². The number of nitro benzene ring substituents is 1. The Kier molecular flexibility index (Phi) is 7.74. The lowest BCUT2D eigenvalue weighted by Crippen LogP contribution is -2.19. The van der Waals surface area contributed by atoms with Gasteiger partial charge in [-0.1, -0.05) is 11.6 Å². The Morgan fingerprint density at radius 1 is 1.26 bits per heavy atom. The minimum Gasteiger partial charge on any atom is -0.493 e. The van der Waals surface area contributed by atoms with Crippen LogP contribution in [0.3, 0.4) is 0 Å². The normalized spacial score (nSPS) is 10.5. The zero-order chi connectivity index (χ0) is 24.7. The number of nitriles is 1. The Morgan fingerprint density at radius 3 is 2.62 bits per heavy atom. The number of halogens is 2. The number of nitrogens with one attached hydrogen (secondary N) is 1. The summed E-state index contributed by atoms with van der Waals surface area (Å²) in [5, 5.41) is 23.5. The number of non-ortho nitro benzene ring substituents is 1.